The summed E-state index contributed by atoms with van der Waals surface area (Å²) < 4.78 is 0. The van der Waals surface area contributed by atoms with E-state index in [9.17, 15) is 9.59 Å². The molecule has 114 valence electrons. The van der Waals surface area contributed by atoms with Gasteiger partial charge < -0.3 is 9.80 Å². The van der Waals surface area contributed by atoms with Crippen molar-refractivity contribution in [2.45, 2.75) is 52.1 Å². The van der Waals surface area contributed by atoms with Crippen molar-refractivity contribution in [3.8, 4) is 0 Å². The van der Waals surface area contributed by atoms with E-state index in [2.05, 4.69) is 26.8 Å². The lowest BCUT2D eigenvalue weighted by molar-refractivity contribution is -0.140. The van der Waals surface area contributed by atoms with Gasteiger partial charge in [-0.1, -0.05) is 0 Å². The molecule has 1 aromatic rings. The van der Waals surface area contributed by atoms with Crippen molar-refractivity contribution >= 4 is 23.2 Å². The lowest BCUT2D eigenvalue weighted by atomic mass is 10.1. The number of fused-ring (bicyclic) bond motifs is 1. The molecule has 2 fully saturated rings. The van der Waals surface area contributed by atoms with E-state index in [4.69, 9.17) is 0 Å². The van der Waals surface area contributed by atoms with Gasteiger partial charge in [-0.25, -0.2) is 0 Å². The van der Waals surface area contributed by atoms with Crippen molar-refractivity contribution in [2.24, 2.45) is 0 Å². The molecule has 0 saturated carbocycles. The molecule has 2 unspecified atom stereocenters. The van der Waals surface area contributed by atoms with E-state index in [0.29, 0.717) is 13.0 Å². The summed E-state index contributed by atoms with van der Waals surface area (Å²) >= 11 is 1.77. The average molecular weight is 306 g/mol. The number of carbonyl (C=O) groups excluding carboxylic acids is 2. The van der Waals surface area contributed by atoms with Crippen LogP contribution in [-0.2, 0) is 9.59 Å². The lowest BCUT2D eigenvalue weighted by Gasteiger charge is -2.30. The number of rotatable bonds is 2. The van der Waals surface area contributed by atoms with Gasteiger partial charge in [-0.3, -0.25) is 9.59 Å². The molecule has 1 aromatic heterocycles. The van der Waals surface area contributed by atoms with Crippen LogP contribution in [0.2, 0.25) is 0 Å². The first kappa shape index (κ1) is 14.6. The molecule has 3 heterocycles. The number of hydrogen-bond acceptors (Lipinski definition) is 3. The molecule has 0 N–H and O–H groups in total. The zero-order valence-corrected chi connectivity index (χ0v) is 13.7. The summed E-state index contributed by atoms with van der Waals surface area (Å²) in [6.45, 7) is 7.58. The third-order valence-corrected chi connectivity index (χ3v) is 5.69. The topological polar surface area (TPSA) is 40.6 Å². The second-order valence-corrected chi connectivity index (χ2v) is 7.53. The first-order chi connectivity index (χ1) is 9.99. The molecule has 2 amide bonds. The van der Waals surface area contributed by atoms with E-state index in [0.717, 1.165) is 19.4 Å². The largest absolute Gasteiger partial charge is 0.334 e. The molecule has 4 nitrogen and oxygen atoms in total. The van der Waals surface area contributed by atoms with E-state index in [-0.39, 0.29) is 23.9 Å². The van der Waals surface area contributed by atoms with E-state index in [1.807, 2.05) is 4.90 Å². The normalized spacial score (nSPS) is 24.2. The Labute approximate surface area is 129 Å². The standard InChI is InChI=1S/C16H22N2O2S/c1-10-9-13(12(3)21-10)11(2)17-8-6-15(19)18-7-4-5-14(18)16(17)20/h9,11,14H,4-8H2,1-3H3. The molecule has 0 aliphatic carbocycles. The van der Waals surface area contributed by atoms with Crippen molar-refractivity contribution in [3.05, 3.63) is 21.4 Å². The Kier molecular flexibility index (Phi) is 3.78. The summed E-state index contributed by atoms with van der Waals surface area (Å²) in [5.74, 6) is 0.271. The summed E-state index contributed by atoms with van der Waals surface area (Å²) in [6, 6.07) is 2.01. The Morgan fingerprint density at radius 2 is 2.05 bits per heavy atom. The predicted octanol–water partition coefficient (Wildman–Crippen LogP) is 2.65. The van der Waals surface area contributed by atoms with Gasteiger partial charge in [0.25, 0.3) is 0 Å². The van der Waals surface area contributed by atoms with Gasteiger partial charge in [-0.05, 0) is 45.2 Å². The Morgan fingerprint density at radius 3 is 2.71 bits per heavy atom. The average Bonchev–Trinajstić information content (AvgIpc) is 3.02. The molecule has 21 heavy (non-hydrogen) atoms. The quantitative estimate of drug-likeness (QED) is 0.843. The monoisotopic (exact) mass is 306 g/mol. The van der Waals surface area contributed by atoms with Crippen molar-refractivity contribution in [2.75, 3.05) is 13.1 Å². The minimum Gasteiger partial charge on any atom is -0.334 e. The number of amides is 2. The summed E-state index contributed by atoms with van der Waals surface area (Å²) in [5, 5.41) is 0. The predicted molar refractivity (Wildman–Crippen MR) is 83.3 cm³/mol. The molecule has 0 radical (unpaired) electrons. The second-order valence-electron chi connectivity index (χ2n) is 6.07. The van der Waals surface area contributed by atoms with Gasteiger partial charge in [0.05, 0.1) is 6.04 Å². The SMILES string of the molecule is Cc1cc(C(C)N2CCC(=O)N3CCCC3C2=O)c(C)s1. The van der Waals surface area contributed by atoms with Crippen LogP contribution in [0.25, 0.3) is 0 Å². The van der Waals surface area contributed by atoms with Gasteiger partial charge >= 0.3 is 0 Å². The lowest BCUT2D eigenvalue weighted by Crippen LogP contribution is -2.44. The van der Waals surface area contributed by atoms with Crippen LogP contribution in [0, 0.1) is 13.8 Å². The number of hydrogen-bond donors (Lipinski definition) is 0. The molecule has 5 heteroatoms. The molecule has 2 saturated heterocycles. The highest BCUT2D eigenvalue weighted by atomic mass is 32.1. The molecule has 0 spiro atoms. The van der Waals surface area contributed by atoms with E-state index < -0.39 is 0 Å². The fourth-order valence-corrected chi connectivity index (χ4v) is 4.62. The molecule has 2 atom stereocenters. The summed E-state index contributed by atoms with van der Waals surface area (Å²) in [5.41, 5.74) is 1.23. The van der Waals surface area contributed by atoms with Crippen molar-refractivity contribution in [3.63, 3.8) is 0 Å². The van der Waals surface area contributed by atoms with Crippen LogP contribution >= 0.6 is 11.3 Å². The minimum atomic E-state index is -0.220. The molecule has 2 aliphatic heterocycles. The van der Waals surface area contributed by atoms with Crippen LogP contribution < -0.4 is 0 Å². The van der Waals surface area contributed by atoms with Gasteiger partial charge in [0.2, 0.25) is 11.8 Å². The molecule has 3 rings (SSSR count). The molecular formula is C16H22N2O2S. The van der Waals surface area contributed by atoms with Crippen molar-refractivity contribution < 1.29 is 9.59 Å². The maximum Gasteiger partial charge on any atom is 0.245 e. The van der Waals surface area contributed by atoms with Gasteiger partial charge in [-0.2, -0.15) is 0 Å². The third-order valence-electron chi connectivity index (χ3n) is 4.70. The fourth-order valence-electron chi connectivity index (χ4n) is 3.60. The highest BCUT2D eigenvalue weighted by Gasteiger charge is 2.40. The Hall–Kier alpha value is -1.36. The molecule has 0 aromatic carbocycles. The summed E-state index contributed by atoms with van der Waals surface area (Å²) in [4.78, 5) is 31.3. The van der Waals surface area contributed by atoms with Crippen LogP contribution in [0.3, 0.4) is 0 Å². The maximum absolute atomic E-state index is 12.8. The van der Waals surface area contributed by atoms with Gasteiger partial charge in [0.15, 0.2) is 0 Å². The first-order valence-corrected chi connectivity index (χ1v) is 8.47. The van der Waals surface area contributed by atoms with Gasteiger partial charge in [-0.15, -0.1) is 11.3 Å². The van der Waals surface area contributed by atoms with E-state index in [1.165, 1.54) is 15.3 Å². The van der Waals surface area contributed by atoms with Crippen LogP contribution in [-0.4, -0.2) is 40.7 Å². The molecular weight excluding hydrogens is 284 g/mol. The van der Waals surface area contributed by atoms with Crippen LogP contribution in [0.1, 0.15) is 47.5 Å². The Bertz CT molecular complexity index is 581. The summed E-state index contributed by atoms with van der Waals surface area (Å²) in [7, 11) is 0. The first-order valence-electron chi connectivity index (χ1n) is 7.66. The van der Waals surface area contributed by atoms with Crippen LogP contribution in [0.5, 0.6) is 0 Å². The smallest absolute Gasteiger partial charge is 0.245 e. The fraction of sp³-hybridized carbons (Fsp3) is 0.625. The van der Waals surface area contributed by atoms with E-state index in [1.54, 1.807) is 16.2 Å². The van der Waals surface area contributed by atoms with Crippen molar-refractivity contribution in [1.82, 2.24) is 9.80 Å². The molecule has 2 aliphatic rings. The Morgan fingerprint density at radius 1 is 1.29 bits per heavy atom. The zero-order valence-electron chi connectivity index (χ0n) is 12.9. The van der Waals surface area contributed by atoms with E-state index >= 15 is 0 Å². The molecule has 0 bridgehead atoms. The minimum absolute atomic E-state index is 0.0517. The third kappa shape index (κ3) is 2.48. The number of carbonyl (C=O) groups is 2. The number of nitrogens with zero attached hydrogens (tertiary/aromatic N) is 2. The van der Waals surface area contributed by atoms with Gasteiger partial charge in [0.1, 0.15) is 6.04 Å². The number of thiophene rings is 1. The maximum atomic E-state index is 12.8. The van der Waals surface area contributed by atoms with Crippen molar-refractivity contribution in [1.29, 1.82) is 0 Å². The Balaban J connectivity index is 1.89. The zero-order chi connectivity index (χ0) is 15.1. The highest BCUT2D eigenvalue weighted by molar-refractivity contribution is 7.12. The second kappa shape index (κ2) is 5.44. The van der Waals surface area contributed by atoms with Crippen LogP contribution in [0.4, 0.5) is 0 Å². The van der Waals surface area contributed by atoms with Gasteiger partial charge in [0, 0.05) is 29.3 Å². The highest BCUT2D eigenvalue weighted by Crippen LogP contribution is 2.33. The summed E-state index contributed by atoms with van der Waals surface area (Å²) in [6.07, 6.45) is 2.21. The van der Waals surface area contributed by atoms with Crippen LogP contribution in [0.15, 0.2) is 6.07 Å². The number of aryl methyl sites for hydroxylation is 2.